The minimum atomic E-state index is -0.0843. The first kappa shape index (κ1) is 16.6. The molecule has 1 fully saturated rings. The van der Waals surface area contributed by atoms with E-state index in [4.69, 9.17) is 5.11 Å². The monoisotopic (exact) mass is 288 g/mol. The summed E-state index contributed by atoms with van der Waals surface area (Å²) in [5, 5.41) is 15.1. The van der Waals surface area contributed by atoms with E-state index in [-0.39, 0.29) is 18.7 Å². The van der Waals surface area contributed by atoms with E-state index in [2.05, 4.69) is 24.5 Å². The lowest BCUT2D eigenvalue weighted by Crippen LogP contribution is -2.50. The molecule has 0 heterocycles. The number of hydrogen-bond donors (Lipinski definition) is 3. The van der Waals surface area contributed by atoms with Gasteiger partial charge in [-0.05, 0) is 43.8 Å². The maximum Gasteiger partial charge on any atom is 0.315 e. The summed E-state index contributed by atoms with van der Waals surface area (Å²) < 4.78 is 0. The summed E-state index contributed by atoms with van der Waals surface area (Å²) in [5.41, 5.74) is 0. The standard InChI is InChI=1S/C14H28N2O2S/c1-10-4-5-13(11(2)8-10)16-14(18)15-12(6-7-17)9-19-3/h10-13,17H,4-9H2,1-3H3,(H2,15,16,18). The Morgan fingerprint density at radius 1 is 1.42 bits per heavy atom. The average Bonchev–Trinajstić information content (AvgIpc) is 2.33. The number of hydrogen-bond acceptors (Lipinski definition) is 3. The summed E-state index contributed by atoms with van der Waals surface area (Å²) in [6, 6.07) is 0.261. The zero-order valence-corrected chi connectivity index (χ0v) is 13.1. The van der Waals surface area contributed by atoms with Crippen LogP contribution in [0, 0.1) is 11.8 Å². The van der Waals surface area contributed by atoms with Crippen LogP contribution < -0.4 is 10.6 Å². The van der Waals surface area contributed by atoms with Crippen LogP contribution in [0.5, 0.6) is 0 Å². The van der Waals surface area contributed by atoms with E-state index in [0.717, 1.165) is 18.1 Å². The lowest BCUT2D eigenvalue weighted by Gasteiger charge is -2.33. The van der Waals surface area contributed by atoms with Gasteiger partial charge in [0, 0.05) is 24.4 Å². The first-order valence-corrected chi connectivity index (χ1v) is 8.63. The number of nitrogens with one attached hydrogen (secondary N) is 2. The van der Waals surface area contributed by atoms with Crippen molar-refractivity contribution < 1.29 is 9.90 Å². The Balaban J connectivity index is 2.36. The maximum atomic E-state index is 12.0. The van der Waals surface area contributed by atoms with Crippen molar-refractivity contribution in [1.82, 2.24) is 10.6 Å². The van der Waals surface area contributed by atoms with E-state index in [1.54, 1.807) is 11.8 Å². The van der Waals surface area contributed by atoms with Gasteiger partial charge in [0.25, 0.3) is 0 Å². The molecule has 0 radical (unpaired) electrons. The van der Waals surface area contributed by atoms with Crippen molar-refractivity contribution in [3.8, 4) is 0 Å². The molecule has 0 aromatic rings. The Labute approximate surface area is 121 Å². The van der Waals surface area contributed by atoms with Crippen molar-refractivity contribution >= 4 is 17.8 Å². The van der Waals surface area contributed by atoms with E-state index in [0.29, 0.717) is 18.4 Å². The van der Waals surface area contributed by atoms with Gasteiger partial charge in [0.05, 0.1) is 0 Å². The second-order valence-electron chi connectivity index (χ2n) is 5.78. The zero-order valence-electron chi connectivity index (χ0n) is 12.3. The molecule has 0 saturated heterocycles. The Bertz CT molecular complexity index is 270. The van der Waals surface area contributed by atoms with Gasteiger partial charge in [-0.15, -0.1) is 0 Å². The molecule has 0 aromatic heterocycles. The molecule has 5 heteroatoms. The average molecular weight is 288 g/mol. The summed E-state index contributed by atoms with van der Waals surface area (Å²) in [7, 11) is 0. The van der Waals surface area contributed by atoms with Gasteiger partial charge in [-0.2, -0.15) is 11.8 Å². The lowest BCUT2D eigenvalue weighted by molar-refractivity contribution is 0.202. The van der Waals surface area contributed by atoms with Crippen molar-refractivity contribution in [3.05, 3.63) is 0 Å². The third-order valence-corrected chi connectivity index (χ3v) is 4.66. The molecule has 0 aliphatic heterocycles. The first-order chi connectivity index (χ1) is 9.06. The summed E-state index contributed by atoms with van der Waals surface area (Å²) >= 11 is 1.68. The number of carbonyl (C=O) groups is 1. The van der Waals surface area contributed by atoms with Gasteiger partial charge in [-0.25, -0.2) is 4.79 Å². The predicted molar refractivity (Wildman–Crippen MR) is 81.5 cm³/mol. The smallest absolute Gasteiger partial charge is 0.315 e. The Kier molecular flexibility index (Phi) is 7.61. The second kappa shape index (κ2) is 8.69. The summed E-state index contributed by atoms with van der Waals surface area (Å²) in [6.45, 7) is 4.61. The highest BCUT2D eigenvalue weighted by molar-refractivity contribution is 7.98. The molecule has 4 unspecified atom stereocenters. The minimum Gasteiger partial charge on any atom is -0.396 e. The molecular weight excluding hydrogens is 260 g/mol. The molecule has 112 valence electrons. The highest BCUT2D eigenvalue weighted by Gasteiger charge is 2.26. The van der Waals surface area contributed by atoms with Gasteiger partial charge < -0.3 is 15.7 Å². The van der Waals surface area contributed by atoms with Gasteiger partial charge in [0.2, 0.25) is 0 Å². The fraction of sp³-hybridized carbons (Fsp3) is 0.929. The molecule has 2 amide bonds. The van der Waals surface area contributed by atoms with Gasteiger partial charge in [-0.3, -0.25) is 0 Å². The minimum absolute atomic E-state index is 0.0535. The number of urea groups is 1. The van der Waals surface area contributed by atoms with E-state index in [1.807, 2.05) is 6.26 Å². The van der Waals surface area contributed by atoms with Crippen molar-refractivity contribution in [3.63, 3.8) is 0 Å². The number of amides is 2. The van der Waals surface area contributed by atoms with Crippen molar-refractivity contribution in [2.75, 3.05) is 18.6 Å². The zero-order chi connectivity index (χ0) is 14.3. The van der Waals surface area contributed by atoms with Crippen LogP contribution in [0.1, 0.15) is 39.5 Å². The SMILES string of the molecule is CSCC(CCO)NC(=O)NC1CCC(C)CC1C. The normalized spacial score (nSPS) is 28.7. The molecule has 1 aliphatic rings. The summed E-state index contributed by atoms with van der Waals surface area (Å²) in [5.74, 6) is 2.16. The molecule has 1 aliphatic carbocycles. The Morgan fingerprint density at radius 2 is 2.16 bits per heavy atom. The number of aliphatic hydroxyl groups is 1. The van der Waals surface area contributed by atoms with Crippen molar-refractivity contribution in [2.24, 2.45) is 11.8 Å². The first-order valence-electron chi connectivity index (χ1n) is 7.23. The third-order valence-electron chi connectivity index (χ3n) is 3.93. The largest absolute Gasteiger partial charge is 0.396 e. The van der Waals surface area contributed by atoms with Crippen LogP contribution in [0.25, 0.3) is 0 Å². The van der Waals surface area contributed by atoms with E-state index in [9.17, 15) is 4.79 Å². The molecule has 0 aromatic carbocycles. The van der Waals surface area contributed by atoms with Crippen LogP contribution >= 0.6 is 11.8 Å². The van der Waals surface area contributed by atoms with Gasteiger partial charge in [0.1, 0.15) is 0 Å². The van der Waals surface area contributed by atoms with E-state index < -0.39 is 0 Å². The van der Waals surface area contributed by atoms with Gasteiger partial charge in [0.15, 0.2) is 0 Å². The Hall–Kier alpha value is -0.420. The predicted octanol–water partition coefficient (Wildman–Crippen LogP) is 2.22. The molecule has 1 saturated carbocycles. The number of thioether (sulfide) groups is 1. The van der Waals surface area contributed by atoms with Gasteiger partial charge >= 0.3 is 6.03 Å². The highest BCUT2D eigenvalue weighted by atomic mass is 32.2. The lowest BCUT2D eigenvalue weighted by atomic mass is 9.80. The molecule has 0 bridgehead atoms. The van der Waals surface area contributed by atoms with Crippen LogP contribution in [0.15, 0.2) is 0 Å². The molecular formula is C14H28N2O2S. The van der Waals surface area contributed by atoms with Crippen LogP contribution in [0.4, 0.5) is 4.79 Å². The molecule has 1 rings (SSSR count). The summed E-state index contributed by atoms with van der Waals surface area (Å²) in [6.07, 6.45) is 6.08. The van der Waals surface area contributed by atoms with Crippen molar-refractivity contribution in [2.45, 2.75) is 51.6 Å². The Morgan fingerprint density at radius 3 is 2.74 bits per heavy atom. The van der Waals surface area contributed by atoms with Crippen molar-refractivity contribution in [1.29, 1.82) is 0 Å². The van der Waals surface area contributed by atoms with E-state index in [1.165, 1.54) is 12.8 Å². The highest BCUT2D eigenvalue weighted by Crippen LogP contribution is 2.28. The van der Waals surface area contributed by atoms with Crippen LogP contribution in [-0.2, 0) is 0 Å². The number of rotatable bonds is 6. The van der Waals surface area contributed by atoms with E-state index >= 15 is 0 Å². The van der Waals surface area contributed by atoms with Gasteiger partial charge in [-0.1, -0.05) is 13.8 Å². The summed E-state index contributed by atoms with van der Waals surface area (Å²) in [4.78, 5) is 12.0. The second-order valence-corrected chi connectivity index (χ2v) is 6.70. The molecule has 4 atom stereocenters. The molecule has 0 spiro atoms. The number of aliphatic hydroxyl groups excluding tert-OH is 1. The fourth-order valence-corrected chi connectivity index (χ4v) is 3.48. The molecule has 19 heavy (non-hydrogen) atoms. The third kappa shape index (κ3) is 6.04. The molecule has 4 nitrogen and oxygen atoms in total. The quantitative estimate of drug-likeness (QED) is 0.702. The van der Waals surface area contributed by atoms with Crippen LogP contribution in [-0.4, -0.2) is 41.8 Å². The topological polar surface area (TPSA) is 61.4 Å². The molecule has 3 N–H and O–H groups in total. The maximum absolute atomic E-state index is 12.0. The van der Waals surface area contributed by atoms with Crippen LogP contribution in [0.3, 0.4) is 0 Å². The fourth-order valence-electron chi connectivity index (χ4n) is 2.83. The number of carbonyl (C=O) groups excluding carboxylic acids is 1. The van der Waals surface area contributed by atoms with Crippen LogP contribution in [0.2, 0.25) is 0 Å².